The number of ether oxygens (including phenoxy) is 1. The molecule has 2 aromatic heterocycles. The molecule has 0 aliphatic rings. The summed E-state index contributed by atoms with van der Waals surface area (Å²) >= 11 is 1.73. The Morgan fingerprint density at radius 3 is 2.73 bits per heavy atom. The van der Waals surface area contributed by atoms with Gasteiger partial charge in [-0.2, -0.15) is 0 Å². The van der Waals surface area contributed by atoms with E-state index in [2.05, 4.69) is 40.1 Å². The van der Waals surface area contributed by atoms with E-state index < -0.39 is 0 Å². The van der Waals surface area contributed by atoms with Gasteiger partial charge in [0.2, 0.25) is 0 Å². The second kappa shape index (κ2) is 15.0. The van der Waals surface area contributed by atoms with Crippen molar-refractivity contribution in [2.45, 2.75) is 39.2 Å². The zero-order valence-electron chi connectivity index (χ0n) is 15.4. The molecular formula is C19H30IN3O2S. The molecule has 0 amide bonds. The Morgan fingerprint density at radius 2 is 2.00 bits per heavy atom. The summed E-state index contributed by atoms with van der Waals surface area (Å²) < 4.78 is 11.0. The van der Waals surface area contributed by atoms with E-state index in [4.69, 9.17) is 9.15 Å². The molecule has 0 fully saturated rings. The fraction of sp³-hybridized carbons (Fsp3) is 0.526. The number of hydrogen-bond acceptors (Lipinski definition) is 4. The van der Waals surface area contributed by atoms with Gasteiger partial charge in [0.1, 0.15) is 5.76 Å². The number of nitrogens with zero attached hydrogens (tertiary/aromatic N) is 1. The molecule has 0 saturated carbocycles. The number of hydrogen-bond donors (Lipinski definition) is 2. The number of nitrogens with one attached hydrogen (secondary N) is 2. The topological polar surface area (TPSA) is 58.8 Å². The molecule has 0 spiro atoms. The molecule has 0 aliphatic carbocycles. The Kier molecular flexibility index (Phi) is 13.3. The molecule has 2 rings (SSSR count). The van der Waals surface area contributed by atoms with E-state index in [1.165, 1.54) is 11.3 Å². The highest BCUT2D eigenvalue weighted by atomic mass is 127. The summed E-state index contributed by atoms with van der Waals surface area (Å²) in [5.74, 6) is 1.82. The minimum absolute atomic E-state index is 0. The molecule has 0 saturated heterocycles. The Labute approximate surface area is 177 Å². The lowest BCUT2D eigenvalue weighted by molar-refractivity contribution is 0.129. The molecule has 0 bridgehead atoms. The van der Waals surface area contributed by atoms with Gasteiger partial charge >= 0.3 is 0 Å². The largest absolute Gasteiger partial charge is 0.469 e. The summed E-state index contributed by atoms with van der Waals surface area (Å²) in [6.07, 6.45) is 5.83. The summed E-state index contributed by atoms with van der Waals surface area (Å²) in [6, 6.07) is 8.07. The van der Waals surface area contributed by atoms with Crippen LogP contribution >= 0.6 is 35.3 Å². The normalized spacial score (nSPS) is 11.2. The first-order chi connectivity index (χ1) is 12.4. The maximum absolute atomic E-state index is 5.59. The zero-order valence-corrected chi connectivity index (χ0v) is 18.6. The lowest BCUT2D eigenvalue weighted by Gasteiger charge is -2.12. The minimum atomic E-state index is 0. The zero-order chi connectivity index (χ0) is 17.6. The van der Waals surface area contributed by atoms with Crippen LogP contribution in [0.3, 0.4) is 0 Å². The number of furan rings is 1. The summed E-state index contributed by atoms with van der Waals surface area (Å²) in [6.45, 7) is 6.16. The highest BCUT2D eigenvalue weighted by Crippen LogP contribution is 2.09. The Bertz CT molecular complexity index is 574. The van der Waals surface area contributed by atoms with Crippen LogP contribution in [-0.2, 0) is 17.7 Å². The van der Waals surface area contributed by atoms with Crippen LogP contribution in [0.15, 0.2) is 45.3 Å². The number of halogens is 1. The third kappa shape index (κ3) is 10.2. The highest BCUT2D eigenvalue weighted by Gasteiger charge is 2.01. The van der Waals surface area contributed by atoms with Crippen LogP contribution in [0.4, 0.5) is 0 Å². The van der Waals surface area contributed by atoms with E-state index in [1.54, 1.807) is 17.6 Å². The first-order valence-electron chi connectivity index (χ1n) is 9.03. The quantitative estimate of drug-likeness (QED) is 0.200. The molecule has 5 nitrogen and oxygen atoms in total. The molecule has 2 N–H and O–H groups in total. The van der Waals surface area contributed by atoms with Crippen LogP contribution in [0.5, 0.6) is 0 Å². The first kappa shape index (κ1) is 23.0. The second-order valence-corrected chi connectivity index (χ2v) is 6.78. The number of thiophene rings is 1. The van der Waals surface area contributed by atoms with Crippen molar-refractivity contribution in [3.05, 3.63) is 46.5 Å². The molecule has 146 valence electrons. The molecule has 26 heavy (non-hydrogen) atoms. The predicted molar refractivity (Wildman–Crippen MR) is 120 cm³/mol. The van der Waals surface area contributed by atoms with Gasteiger partial charge in [-0.05, 0) is 36.4 Å². The van der Waals surface area contributed by atoms with Gasteiger partial charge < -0.3 is 19.8 Å². The predicted octanol–water partition coefficient (Wildman–Crippen LogP) is 4.44. The Morgan fingerprint density at radius 1 is 1.15 bits per heavy atom. The summed E-state index contributed by atoms with van der Waals surface area (Å²) in [7, 11) is 0. The van der Waals surface area contributed by atoms with Crippen molar-refractivity contribution in [1.29, 1.82) is 0 Å². The maximum atomic E-state index is 5.59. The number of guanidine groups is 1. The maximum Gasteiger partial charge on any atom is 0.191 e. The van der Waals surface area contributed by atoms with Crippen molar-refractivity contribution in [2.24, 2.45) is 4.99 Å². The van der Waals surface area contributed by atoms with E-state index in [0.717, 1.165) is 57.3 Å². The average molecular weight is 491 g/mol. The van der Waals surface area contributed by atoms with Gasteiger partial charge in [-0.15, -0.1) is 35.3 Å². The van der Waals surface area contributed by atoms with Gasteiger partial charge in [0, 0.05) is 37.6 Å². The monoisotopic (exact) mass is 491 g/mol. The van der Waals surface area contributed by atoms with Crippen molar-refractivity contribution < 1.29 is 9.15 Å². The average Bonchev–Trinajstić information content (AvgIpc) is 3.32. The van der Waals surface area contributed by atoms with E-state index in [9.17, 15) is 0 Å². The van der Waals surface area contributed by atoms with E-state index >= 15 is 0 Å². The smallest absolute Gasteiger partial charge is 0.191 e. The molecule has 2 aromatic rings. The van der Waals surface area contributed by atoms with E-state index in [0.29, 0.717) is 6.54 Å². The van der Waals surface area contributed by atoms with Crippen molar-refractivity contribution in [2.75, 3.05) is 26.3 Å². The number of rotatable bonds is 12. The Hall–Kier alpha value is -1.06. The van der Waals surface area contributed by atoms with Gasteiger partial charge in [0.05, 0.1) is 12.8 Å². The van der Waals surface area contributed by atoms with Crippen LogP contribution in [0, 0.1) is 0 Å². The van der Waals surface area contributed by atoms with Crippen molar-refractivity contribution in [3.8, 4) is 0 Å². The minimum Gasteiger partial charge on any atom is -0.469 e. The van der Waals surface area contributed by atoms with Crippen LogP contribution in [0.25, 0.3) is 0 Å². The number of unbranched alkanes of at least 4 members (excludes halogenated alkanes) is 1. The summed E-state index contributed by atoms with van der Waals surface area (Å²) in [5, 5.41) is 8.84. The molecule has 0 atom stereocenters. The van der Waals surface area contributed by atoms with Gasteiger partial charge in [-0.3, -0.25) is 0 Å². The molecular weight excluding hydrogens is 461 g/mol. The van der Waals surface area contributed by atoms with Gasteiger partial charge in [-0.1, -0.05) is 19.4 Å². The SMILES string of the molecule is CCCCOCCCNC(=NCc1cccs1)NCCc1ccco1.I. The van der Waals surface area contributed by atoms with Gasteiger partial charge in [0.25, 0.3) is 0 Å². The third-order valence-corrected chi connectivity index (χ3v) is 4.48. The fourth-order valence-electron chi connectivity index (χ4n) is 2.22. The number of aliphatic imine (C=N–C) groups is 1. The van der Waals surface area contributed by atoms with Gasteiger partial charge in [0.15, 0.2) is 5.96 Å². The van der Waals surface area contributed by atoms with Crippen LogP contribution in [0.1, 0.15) is 36.8 Å². The molecule has 7 heteroatoms. The van der Waals surface area contributed by atoms with Crippen LogP contribution in [0.2, 0.25) is 0 Å². The van der Waals surface area contributed by atoms with Crippen LogP contribution in [-0.4, -0.2) is 32.3 Å². The molecule has 2 heterocycles. The Balaban J connectivity index is 0.00000338. The standard InChI is InChI=1S/C19H29N3O2S.HI/c1-2-3-12-23-13-6-10-20-19(22-16-18-8-5-15-25-18)21-11-9-17-7-4-14-24-17;/h4-5,7-8,14-15H,2-3,6,9-13,16H2,1H3,(H2,20,21,22);1H. The van der Waals surface area contributed by atoms with E-state index in [1.807, 2.05) is 12.1 Å². The summed E-state index contributed by atoms with van der Waals surface area (Å²) in [5.41, 5.74) is 0. The van der Waals surface area contributed by atoms with Crippen molar-refractivity contribution in [1.82, 2.24) is 10.6 Å². The first-order valence-corrected chi connectivity index (χ1v) is 9.91. The second-order valence-electron chi connectivity index (χ2n) is 5.75. The fourth-order valence-corrected chi connectivity index (χ4v) is 2.85. The summed E-state index contributed by atoms with van der Waals surface area (Å²) in [4.78, 5) is 5.92. The van der Waals surface area contributed by atoms with Crippen LogP contribution < -0.4 is 10.6 Å². The van der Waals surface area contributed by atoms with Gasteiger partial charge in [-0.25, -0.2) is 4.99 Å². The molecule has 0 radical (unpaired) electrons. The third-order valence-electron chi connectivity index (χ3n) is 3.62. The molecule has 0 aromatic carbocycles. The molecule has 0 aliphatic heterocycles. The van der Waals surface area contributed by atoms with Crippen molar-refractivity contribution >= 4 is 41.3 Å². The van der Waals surface area contributed by atoms with Crippen molar-refractivity contribution in [3.63, 3.8) is 0 Å². The lowest BCUT2D eigenvalue weighted by atomic mass is 10.3. The highest BCUT2D eigenvalue weighted by molar-refractivity contribution is 14.0. The van der Waals surface area contributed by atoms with E-state index in [-0.39, 0.29) is 24.0 Å². The molecule has 0 unspecified atom stereocenters. The lowest BCUT2D eigenvalue weighted by Crippen LogP contribution is -2.39.